The van der Waals surface area contributed by atoms with E-state index in [4.69, 9.17) is 4.74 Å². The number of piperidine rings is 2. The largest absolute Gasteiger partial charge is 0.365 e. The molecule has 9 nitrogen and oxygen atoms in total. The molecular weight excluding hydrogens is 470 g/mol. The molecule has 2 aromatic carbocycles. The molecule has 2 fully saturated rings. The summed E-state index contributed by atoms with van der Waals surface area (Å²) in [4.78, 5) is 38.5. The number of rotatable bonds is 3. The Morgan fingerprint density at radius 1 is 1.00 bits per heavy atom. The molecule has 1 unspecified atom stereocenters. The zero-order valence-electron chi connectivity index (χ0n) is 19.0. The first-order chi connectivity index (χ1) is 16.8. The summed E-state index contributed by atoms with van der Waals surface area (Å²) in [6, 6.07) is 12.0. The van der Waals surface area contributed by atoms with Gasteiger partial charge >= 0.3 is 0 Å². The van der Waals surface area contributed by atoms with Crippen molar-refractivity contribution in [1.82, 2.24) is 14.5 Å². The molecule has 4 aliphatic heterocycles. The van der Waals surface area contributed by atoms with Crippen LogP contribution in [0.15, 0.2) is 47.4 Å². The van der Waals surface area contributed by atoms with Gasteiger partial charge < -0.3 is 9.64 Å². The minimum Gasteiger partial charge on any atom is -0.365 e. The summed E-state index contributed by atoms with van der Waals surface area (Å²) in [6.07, 6.45) is 1.48. The third kappa shape index (κ3) is 3.42. The Morgan fingerprint density at radius 3 is 2.54 bits per heavy atom. The number of carbonyl (C=O) groups excluding carboxylic acids is 3. The third-order valence-corrected chi connectivity index (χ3v) is 9.68. The Morgan fingerprint density at radius 2 is 1.77 bits per heavy atom. The molecule has 0 saturated carbocycles. The lowest BCUT2D eigenvalue weighted by Gasteiger charge is -2.38. The van der Waals surface area contributed by atoms with E-state index in [0.717, 1.165) is 11.1 Å². The molecular formula is C25H25N3O6S. The number of imide groups is 1. The van der Waals surface area contributed by atoms with E-state index in [0.29, 0.717) is 38.1 Å². The average molecular weight is 496 g/mol. The van der Waals surface area contributed by atoms with Crippen LogP contribution in [0.2, 0.25) is 0 Å². The standard InChI is InChI=1S/C25H25N3O6S/c29-22-9-8-20(23(30)26-22)28-14-18-17(24(28)31)5-3-7-21(18)35(32,33)27-12-10-25(11-13-27)19-6-2-1-4-16(19)15-34-25/h1-7,20H,8-15H2,(H,26,29,30). The van der Waals surface area contributed by atoms with Crippen molar-refractivity contribution in [2.45, 2.75) is 55.4 Å². The molecule has 1 atom stereocenters. The maximum absolute atomic E-state index is 13.7. The number of sulfonamides is 1. The lowest BCUT2D eigenvalue weighted by molar-refractivity contribution is -0.136. The maximum atomic E-state index is 13.7. The second kappa shape index (κ2) is 7.97. The second-order valence-electron chi connectivity index (χ2n) is 9.53. The molecule has 35 heavy (non-hydrogen) atoms. The first-order valence-corrected chi connectivity index (χ1v) is 13.2. The number of carbonyl (C=O) groups is 3. The second-order valence-corrected chi connectivity index (χ2v) is 11.4. The van der Waals surface area contributed by atoms with Crippen molar-refractivity contribution in [3.8, 4) is 0 Å². The fourth-order valence-electron chi connectivity index (χ4n) is 5.82. The number of ether oxygens (including phenoxy) is 1. The van der Waals surface area contributed by atoms with Crippen molar-refractivity contribution in [1.29, 1.82) is 0 Å². The maximum Gasteiger partial charge on any atom is 0.255 e. The molecule has 0 bridgehead atoms. The molecule has 2 saturated heterocycles. The van der Waals surface area contributed by atoms with E-state index in [1.54, 1.807) is 12.1 Å². The minimum absolute atomic E-state index is 0.0180. The van der Waals surface area contributed by atoms with Crippen LogP contribution in [0.1, 0.15) is 52.7 Å². The number of hydrogen-bond donors (Lipinski definition) is 1. The van der Waals surface area contributed by atoms with Crippen LogP contribution in [-0.2, 0) is 43.1 Å². The first-order valence-electron chi connectivity index (χ1n) is 11.8. The van der Waals surface area contributed by atoms with Gasteiger partial charge in [0.05, 0.1) is 17.1 Å². The van der Waals surface area contributed by atoms with Gasteiger partial charge in [-0.05, 0) is 42.5 Å². The molecule has 0 radical (unpaired) electrons. The van der Waals surface area contributed by atoms with Crippen LogP contribution in [0.4, 0.5) is 0 Å². The monoisotopic (exact) mass is 495 g/mol. The van der Waals surface area contributed by atoms with Crippen molar-refractivity contribution in [3.63, 3.8) is 0 Å². The van der Waals surface area contributed by atoms with Gasteiger partial charge in [0.2, 0.25) is 21.8 Å². The summed E-state index contributed by atoms with van der Waals surface area (Å²) >= 11 is 0. The van der Waals surface area contributed by atoms with E-state index in [1.165, 1.54) is 15.3 Å². The highest BCUT2D eigenvalue weighted by atomic mass is 32.2. The Bertz CT molecular complexity index is 1360. The smallest absolute Gasteiger partial charge is 0.255 e. The van der Waals surface area contributed by atoms with Gasteiger partial charge in [-0.3, -0.25) is 19.7 Å². The predicted molar refractivity (Wildman–Crippen MR) is 123 cm³/mol. The van der Waals surface area contributed by atoms with E-state index in [-0.39, 0.29) is 41.7 Å². The van der Waals surface area contributed by atoms with Crippen molar-refractivity contribution >= 4 is 27.7 Å². The molecule has 10 heteroatoms. The van der Waals surface area contributed by atoms with Gasteiger partial charge in [0.1, 0.15) is 6.04 Å². The molecule has 4 aliphatic rings. The van der Waals surface area contributed by atoms with E-state index >= 15 is 0 Å². The Kier molecular flexibility index (Phi) is 5.10. The van der Waals surface area contributed by atoms with Gasteiger partial charge in [-0.15, -0.1) is 0 Å². The Hall–Kier alpha value is -3.08. The summed E-state index contributed by atoms with van der Waals surface area (Å²) in [5, 5.41) is 2.27. The van der Waals surface area contributed by atoms with Crippen LogP contribution in [0, 0.1) is 0 Å². The number of benzene rings is 2. The zero-order chi connectivity index (χ0) is 24.4. The van der Waals surface area contributed by atoms with Gasteiger partial charge in [-0.25, -0.2) is 8.42 Å². The molecule has 2 aromatic rings. The van der Waals surface area contributed by atoms with Crippen LogP contribution in [0.25, 0.3) is 0 Å². The van der Waals surface area contributed by atoms with Gasteiger partial charge in [0.15, 0.2) is 0 Å². The van der Waals surface area contributed by atoms with Gasteiger partial charge in [-0.1, -0.05) is 30.3 Å². The fraction of sp³-hybridized carbons (Fsp3) is 0.400. The Balaban J connectivity index is 1.25. The molecule has 182 valence electrons. The summed E-state index contributed by atoms with van der Waals surface area (Å²) < 4.78 is 35.1. The van der Waals surface area contributed by atoms with Gasteiger partial charge in [0.25, 0.3) is 5.91 Å². The van der Waals surface area contributed by atoms with Crippen LogP contribution >= 0.6 is 0 Å². The summed E-state index contributed by atoms with van der Waals surface area (Å²) in [6.45, 7) is 1.17. The highest BCUT2D eigenvalue weighted by Gasteiger charge is 2.46. The lowest BCUT2D eigenvalue weighted by Crippen LogP contribution is -2.52. The molecule has 0 aromatic heterocycles. The SMILES string of the molecule is O=C1CCC(N2Cc3c(cccc3S(=O)(=O)N3CCC4(CC3)OCc3ccccc34)C2=O)C(=O)N1. The number of nitrogens with zero attached hydrogens (tertiary/aromatic N) is 2. The average Bonchev–Trinajstić information content (AvgIpc) is 3.38. The molecule has 3 amide bonds. The van der Waals surface area contributed by atoms with Crippen molar-refractivity contribution in [2.24, 2.45) is 0 Å². The molecule has 0 aliphatic carbocycles. The number of amides is 3. The van der Waals surface area contributed by atoms with Crippen molar-refractivity contribution in [2.75, 3.05) is 13.1 Å². The van der Waals surface area contributed by atoms with Crippen LogP contribution in [0.3, 0.4) is 0 Å². The Labute approximate surface area is 203 Å². The third-order valence-electron chi connectivity index (χ3n) is 7.70. The number of nitrogens with one attached hydrogen (secondary N) is 1. The first kappa shape index (κ1) is 22.4. The van der Waals surface area contributed by atoms with E-state index in [9.17, 15) is 22.8 Å². The molecule has 4 heterocycles. The normalized spacial score (nSPS) is 23.9. The lowest BCUT2D eigenvalue weighted by atomic mass is 9.84. The summed E-state index contributed by atoms with van der Waals surface area (Å²) in [7, 11) is -3.87. The summed E-state index contributed by atoms with van der Waals surface area (Å²) in [5.74, 6) is -1.28. The van der Waals surface area contributed by atoms with Crippen LogP contribution < -0.4 is 5.32 Å². The molecule has 1 N–H and O–H groups in total. The highest BCUT2D eigenvalue weighted by molar-refractivity contribution is 7.89. The predicted octanol–water partition coefficient (Wildman–Crippen LogP) is 1.66. The molecule has 1 spiro atoms. The van der Waals surface area contributed by atoms with E-state index in [1.807, 2.05) is 18.2 Å². The van der Waals surface area contributed by atoms with Crippen molar-refractivity contribution < 1.29 is 27.5 Å². The quantitative estimate of drug-likeness (QED) is 0.648. The van der Waals surface area contributed by atoms with Gasteiger partial charge in [-0.2, -0.15) is 4.31 Å². The minimum atomic E-state index is -3.87. The highest BCUT2D eigenvalue weighted by Crippen LogP contribution is 2.45. The number of hydrogen-bond acceptors (Lipinski definition) is 6. The molecule has 6 rings (SSSR count). The van der Waals surface area contributed by atoms with E-state index in [2.05, 4.69) is 11.4 Å². The van der Waals surface area contributed by atoms with Gasteiger partial charge in [0, 0.05) is 37.2 Å². The van der Waals surface area contributed by atoms with Crippen molar-refractivity contribution in [3.05, 3.63) is 64.7 Å². The number of fused-ring (bicyclic) bond motifs is 3. The van der Waals surface area contributed by atoms with E-state index < -0.39 is 27.6 Å². The van der Waals surface area contributed by atoms with Crippen LogP contribution in [0.5, 0.6) is 0 Å². The zero-order valence-corrected chi connectivity index (χ0v) is 19.8. The van der Waals surface area contributed by atoms with Crippen LogP contribution in [-0.4, -0.2) is 54.5 Å². The topological polar surface area (TPSA) is 113 Å². The summed E-state index contributed by atoms with van der Waals surface area (Å²) in [5.41, 5.74) is 2.53. The fourth-order valence-corrected chi connectivity index (χ4v) is 7.50.